The Morgan fingerprint density at radius 2 is 1.71 bits per heavy atom. The lowest BCUT2D eigenvalue weighted by Gasteiger charge is -2.26. The van der Waals surface area contributed by atoms with Gasteiger partial charge in [-0.15, -0.1) is 0 Å². The molecule has 178 valence electrons. The molecule has 0 spiro atoms. The Morgan fingerprint density at radius 1 is 0.943 bits per heavy atom. The van der Waals surface area contributed by atoms with Gasteiger partial charge in [0, 0.05) is 17.3 Å². The molecule has 0 saturated carbocycles. The Labute approximate surface area is 201 Å². The summed E-state index contributed by atoms with van der Waals surface area (Å²) in [6, 6.07) is 16.5. The van der Waals surface area contributed by atoms with Gasteiger partial charge in [0.1, 0.15) is 5.76 Å². The summed E-state index contributed by atoms with van der Waals surface area (Å²) in [6.07, 6.45) is 0. The topological polar surface area (TPSA) is 94.5 Å². The second-order valence-electron chi connectivity index (χ2n) is 8.19. The number of hydrogen-bond acceptors (Lipinski definition) is 7. The highest BCUT2D eigenvalue weighted by atomic mass is 16.7. The van der Waals surface area contributed by atoms with Crippen LogP contribution in [-0.2, 0) is 9.59 Å². The molecule has 2 heterocycles. The van der Waals surface area contributed by atoms with Crippen molar-refractivity contribution in [2.24, 2.45) is 0 Å². The van der Waals surface area contributed by atoms with Crippen LogP contribution in [0.25, 0.3) is 5.76 Å². The molecule has 35 heavy (non-hydrogen) atoms. The van der Waals surface area contributed by atoms with Crippen molar-refractivity contribution in [2.45, 2.75) is 13.0 Å². The van der Waals surface area contributed by atoms with Gasteiger partial charge in [0.25, 0.3) is 11.7 Å². The lowest BCUT2D eigenvalue weighted by atomic mass is 9.94. The van der Waals surface area contributed by atoms with Crippen molar-refractivity contribution in [2.75, 3.05) is 25.9 Å². The molecule has 2 aliphatic rings. The van der Waals surface area contributed by atoms with Crippen LogP contribution in [-0.4, -0.2) is 37.8 Å². The first-order valence-electron chi connectivity index (χ1n) is 10.9. The van der Waals surface area contributed by atoms with Crippen LogP contribution in [0.4, 0.5) is 5.69 Å². The van der Waals surface area contributed by atoms with Gasteiger partial charge in [-0.2, -0.15) is 0 Å². The summed E-state index contributed by atoms with van der Waals surface area (Å²) < 4.78 is 21.5. The van der Waals surface area contributed by atoms with Gasteiger partial charge in [-0.3, -0.25) is 14.5 Å². The van der Waals surface area contributed by atoms with Crippen molar-refractivity contribution in [3.05, 3.63) is 82.9 Å². The van der Waals surface area contributed by atoms with Gasteiger partial charge in [0.05, 0.1) is 25.8 Å². The second kappa shape index (κ2) is 8.72. The maximum Gasteiger partial charge on any atom is 0.300 e. The molecule has 3 aromatic rings. The van der Waals surface area contributed by atoms with E-state index in [9.17, 15) is 14.7 Å². The summed E-state index contributed by atoms with van der Waals surface area (Å²) in [4.78, 5) is 28.1. The summed E-state index contributed by atoms with van der Waals surface area (Å²) in [5, 5.41) is 11.4. The number of rotatable bonds is 5. The zero-order chi connectivity index (χ0) is 24.7. The van der Waals surface area contributed by atoms with Crippen molar-refractivity contribution < 1.29 is 33.6 Å². The fourth-order valence-corrected chi connectivity index (χ4v) is 4.43. The van der Waals surface area contributed by atoms with E-state index in [-0.39, 0.29) is 18.1 Å². The average Bonchev–Trinajstić information content (AvgIpc) is 3.45. The summed E-state index contributed by atoms with van der Waals surface area (Å²) in [5.41, 5.74) is 2.39. The highest BCUT2D eigenvalue weighted by Gasteiger charge is 2.47. The molecule has 1 unspecified atom stereocenters. The average molecular weight is 473 g/mol. The lowest BCUT2D eigenvalue weighted by molar-refractivity contribution is -0.132. The van der Waals surface area contributed by atoms with Crippen LogP contribution < -0.4 is 23.8 Å². The van der Waals surface area contributed by atoms with E-state index < -0.39 is 17.7 Å². The van der Waals surface area contributed by atoms with Crippen molar-refractivity contribution >= 4 is 23.1 Å². The van der Waals surface area contributed by atoms with E-state index in [4.69, 9.17) is 18.9 Å². The van der Waals surface area contributed by atoms with Crippen molar-refractivity contribution in [1.29, 1.82) is 0 Å². The Balaban J connectivity index is 1.70. The minimum atomic E-state index is -0.858. The number of ether oxygens (including phenoxy) is 4. The van der Waals surface area contributed by atoms with Gasteiger partial charge in [-0.25, -0.2) is 0 Å². The number of Topliss-reactive ketones (excluding diaryl/α,β-unsaturated/α-hetero) is 1. The lowest BCUT2D eigenvalue weighted by Crippen LogP contribution is -2.29. The summed E-state index contributed by atoms with van der Waals surface area (Å²) in [6.45, 7) is 2.00. The maximum absolute atomic E-state index is 13.4. The van der Waals surface area contributed by atoms with E-state index in [1.54, 1.807) is 36.4 Å². The number of amides is 1. The molecular formula is C27H23NO7. The summed E-state index contributed by atoms with van der Waals surface area (Å²) in [5.74, 6) is 0.0433. The molecule has 1 saturated heterocycles. The van der Waals surface area contributed by atoms with Gasteiger partial charge in [0.2, 0.25) is 6.79 Å². The van der Waals surface area contributed by atoms with Gasteiger partial charge in [-0.05, 0) is 42.8 Å². The van der Waals surface area contributed by atoms with E-state index in [0.29, 0.717) is 39.8 Å². The van der Waals surface area contributed by atoms with Gasteiger partial charge in [-0.1, -0.05) is 29.8 Å². The van der Waals surface area contributed by atoms with Gasteiger partial charge >= 0.3 is 0 Å². The Hall–Kier alpha value is -4.46. The van der Waals surface area contributed by atoms with E-state index in [0.717, 1.165) is 5.56 Å². The molecule has 8 nitrogen and oxygen atoms in total. The first-order chi connectivity index (χ1) is 16.9. The molecule has 3 aromatic carbocycles. The number of ketones is 1. The van der Waals surface area contributed by atoms with E-state index in [1.165, 1.54) is 19.1 Å². The standard InChI is InChI=1S/C27H23NO7/c1-15-5-4-6-16(11-15)24-23(25(29)17-7-9-19(32-2)21(12-17)33-3)26(30)27(31)28(24)18-8-10-20-22(13-18)35-14-34-20/h4-13,24,29H,14H2,1-3H3/b25-23+. The molecule has 5 rings (SSSR count). The zero-order valence-corrected chi connectivity index (χ0v) is 19.4. The molecule has 0 aliphatic carbocycles. The summed E-state index contributed by atoms with van der Waals surface area (Å²) in [7, 11) is 2.99. The molecule has 1 atom stereocenters. The van der Waals surface area contributed by atoms with Gasteiger partial charge < -0.3 is 24.1 Å². The maximum atomic E-state index is 13.4. The fraction of sp³-hybridized carbons (Fsp3) is 0.185. The van der Waals surface area contributed by atoms with Crippen molar-refractivity contribution in [1.82, 2.24) is 0 Å². The molecule has 2 aliphatic heterocycles. The number of aliphatic hydroxyl groups excluding tert-OH is 1. The van der Waals surface area contributed by atoms with Crippen LogP contribution in [0.15, 0.2) is 66.2 Å². The number of aliphatic hydroxyl groups is 1. The quantitative estimate of drug-likeness (QED) is 0.334. The van der Waals surface area contributed by atoms with E-state index >= 15 is 0 Å². The SMILES string of the molecule is COc1ccc(/C(O)=C2\C(=O)C(=O)N(c3ccc4c(c3)OCO4)C2c2cccc(C)c2)cc1OC. The summed E-state index contributed by atoms with van der Waals surface area (Å²) >= 11 is 0. The van der Waals surface area contributed by atoms with Gasteiger partial charge in [0.15, 0.2) is 23.0 Å². The van der Waals surface area contributed by atoms with Crippen LogP contribution in [0.2, 0.25) is 0 Å². The van der Waals surface area contributed by atoms with Crippen LogP contribution in [0.3, 0.4) is 0 Å². The van der Waals surface area contributed by atoms with Crippen LogP contribution in [0, 0.1) is 6.92 Å². The minimum absolute atomic E-state index is 0.0227. The molecule has 0 bridgehead atoms. The minimum Gasteiger partial charge on any atom is -0.507 e. The Kier molecular flexibility index (Phi) is 5.56. The monoisotopic (exact) mass is 473 g/mol. The third-order valence-electron chi connectivity index (χ3n) is 6.09. The van der Waals surface area contributed by atoms with E-state index in [1.807, 2.05) is 31.2 Å². The molecule has 0 aromatic heterocycles. The number of anilines is 1. The Morgan fingerprint density at radius 3 is 2.46 bits per heavy atom. The fourth-order valence-electron chi connectivity index (χ4n) is 4.43. The predicted molar refractivity (Wildman–Crippen MR) is 128 cm³/mol. The van der Waals surface area contributed by atoms with Crippen LogP contribution in [0.1, 0.15) is 22.7 Å². The first-order valence-corrected chi connectivity index (χ1v) is 10.9. The number of carbonyl (C=O) groups excluding carboxylic acids is 2. The largest absolute Gasteiger partial charge is 0.507 e. The van der Waals surface area contributed by atoms with Crippen molar-refractivity contribution in [3.8, 4) is 23.0 Å². The molecular weight excluding hydrogens is 450 g/mol. The highest BCUT2D eigenvalue weighted by Crippen LogP contribution is 2.45. The smallest absolute Gasteiger partial charge is 0.300 e. The highest BCUT2D eigenvalue weighted by molar-refractivity contribution is 6.51. The normalized spacial score (nSPS) is 18.1. The first kappa shape index (κ1) is 22.3. The Bertz CT molecular complexity index is 1380. The number of methoxy groups -OCH3 is 2. The molecule has 1 N–H and O–H groups in total. The second-order valence-corrected chi connectivity index (χ2v) is 8.19. The third-order valence-corrected chi connectivity index (χ3v) is 6.09. The molecule has 8 heteroatoms. The van der Waals surface area contributed by atoms with Crippen LogP contribution in [0.5, 0.6) is 23.0 Å². The number of hydrogen-bond donors (Lipinski definition) is 1. The number of benzene rings is 3. The zero-order valence-electron chi connectivity index (χ0n) is 19.4. The third kappa shape index (κ3) is 3.73. The van der Waals surface area contributed by atoms with Crippen molar-refractivity contribution in [3.63, 3.8) is 0 Å². The predicted octanol–water partition coefficient (Wildman–Crippen LogP) is 4.37. The molecule has 1 fully saturated rings. The van der Waals surface area contributed by atoms with Crippen LogP contribution >= 0.6 is 0 Å². The molecule has 0 radical (unpaired) electrons. The molecule has 1 amide bonds. The van der Waals surface area contributed by atoms with E-state index in [2.05, 4.69) is 0 Å². The number of aryl methyl sites for hydroxylation is 1. The number of nitrogens with zero attached hydrogens (tertiary/aromatic N) is 1. The number of carbonyl (C=O) groups is 2. The number of fused-ring (bicyclic) bond motifs is 1.